The van der Waals surface area contributed by atoms with Crippen LogP contribution in [0.3, 0.4) is 0 Å². The number of pyridine rings is 1. The smallest absolute Gasteiger partial charge is 0.409 e. The molecule has 0 atom stereocenters. The lowest BCUT2D eigenvalue weighted by atomic mass is 9.98. The summed E-state index contributed by atoms with van der Waals surface area (Å²) in [7, 11) is 1.74. The minimum atomic E-state index is -0.353. The topological polar surface area (TPSA) is 77.7 Å². The molecule has 0 spiro atoms. The van der Waals surface area contributed by atoms with Crippen molar-refractivity contribution in [1.29, 1.82) is 0 Å². The minimum absolute atomic E-state index is 0.0992. The average molecular weight is 402 g/mol. The zero-order valence-corrected chi connectivity index (χ0v) is 17.6. The normalized spacial score (nSPS) is 14.6. The molecule has 7 heteroatoms. The van der Waals surface area contributed by atoms with E-state index in [1.165, 1.54) is 19.3 Å². The van der Waals surface area contributed by atoms with Crippen molar-refractivity contribution in [2.24, 2.45) is 0 Å². The summed E-state index contributed by atoms with van der Waals surface area (Å²) in [5.74, 6) is 1.29. The first kappa shape index (κ1) is 21.1. The standard InChI is InChI=1S/C22H31N3O4/c1-4-5-13-25(3)22(26)27-15-19-16(2)24-29-21(19)20-12-11-18(14-23-20)28-17-9-7-6-8-10-17/h11-12,14,17H,4-10,13,15H2,1-3H3. The van der Waals surface area contributed by atoms with Gasteiger partial charge in [-0.2, -0.15) is 0 Å². The lowest BCUT2D eigenvalue weighted by molar-refractivity contribution is 0.104. The fraction of sp³-hybridized carbons (Fsp3) is 0.591. The van der Waals surface area contributed by atoms with Gasteiger partial charge in [-0.3, -0.25) is 0 Å². The maximum atomic E-state index is 12.2. The van der Waals surface area contributed by atoms with E-state index >= 15 is 0 Å². The molecule has 158 valence electrons. The van der Waals surface area contributed by atoms with E-state index in [1.54, 1.807) is 18.1 Å². The molecular formula is C22H31N3O4. The van der Waals surface area contributed by atoms with E-state index in [-0.39, 0.29) is 18.8 Å². The summed E-state index contributed by atoms with van der Waals surface area (Å²) >= 11 is 0. The highest BCUT2D eigenvalue weighted by atomic mass is 16.6. The number of hydrogen-bond donors (Lipinski definition) is 0. The minimum Gasteiger partial charge on any atom is -0.489 e. The molecule has 0 N–H and O–H groups in total. The zero-order valence-electron chi connectivity index (χ0n) is 17.6. The van der Waals surface area contributed by atoms with Crippen molar-refractivity contribution >= 4 is 6.09 Å². The maximum Gasteiger partial charge on any atom is 0.409 e. The average Bonchev–Trinajstić information content (AvgIpc) is 3.11. The van der Waals surface area contributed by atoms with Gasteiger partial charge in [0, 0.05) is 13.6 Å². The Balaban J connectivity index is 1.63. The van der Waals surface area contributed by atoms with Gasteiger partial charge in [0.2, 0.25) is 0 Å². The van der Waals surface area contributed by atoms with E-state index in [2.05, 4.69) is 17.1 Å². The van der Waals surface area contributed by atoms with E-state index in [1.807, 2.05) is 19.1 Å². The number of aryl methyl sites for hydroxylation is 1. The van der Waals surface area contributed by atoms with Crippen LogP contribution < -0.4 is 4.74 Å². The molecule has 2 aromatic heterocycles. The largest absolute Gasteiger partial charge is 0.489 e. The van der Waals surface area contributed by atoms with Gasteiger partial charge < -0.3 is 18.9 Å². The number of unbranched alkanes of at least 4 members (excludes halogenated alkanes) is 1. The number of hydrogen-bond acceptors (Lipinski definition) is 6. The molecule has 7 nitrogen and oxygen atoms in total. The fourth-order valence-electron chi connectivity index (χ4n) is 3.45. The number of rotatable bonds is 8. The Kier molecular flexibility index (Phi) is 7.49. The van der Waals surface area contributed by atoms with Gasteiger partial charge >= 0.3 is 6.09 Å². The van der Waals surface area contributed by atoms with E-state index in [9.17, 15) is 4.79 Å². The van der Waals surface area contributed by atoms with E-state index in [0.717, 1.165) is 37.0 Å². The molecule has 29 heavy (non-hydrogen) atoms. The Hall–Kier alpha value is -2.57. The molecule has 0 aliphatic heterocycles. The van der Waals surface area contributed by atoms with Gasteiger partial charge in [-0.15, -0.1) is 0 Å². The van der Waals surface area contributed by atoms with E-state index in [0.29, 0.717) is 23.7 Å². The molecule has 1 aliphatic carbocycles. The third kappa shape index (κ3) is 5.71. The molecule has 1 aliphatic rings. The van der Waals surface area contributed by atoms with Gasteiger partial charge in [0.1, 0.15) is 18.1 Å². The molecule has 3 rings (SSSR count). The van der Waals surface area contributed by atoms with Crippen LogP contribution in [-0.4, -0.2) is 40.8 Å². The molecule has 0 radical (unpaired) electrons. The van der Waals surface area contributed by atoms with Crippen molar-refractivity contribution in [3.05, 3.63) is 29.6 Å². The lowest BCUT2D eigenvalue weighted by Crippen LogP contribution is -2.28. The van der Waals surface area contributed by atoms with Gasteiger partial charge in [-0.05, 0) is 51.2 Å². The third-order valence-electron chi connectivity index (χ3n) is 5.31. The number of nitrogens with zero attached hydrogens (tertiary/aromatic N) is 3. The molecule has 1 saturated carbocycles. The first-order chi connectivity index (χ1) is 14.1. The summed E-state index contributed by atoms with van der Waals surface area (Å²) in [5.41, 5.74) is 2.07. The molecule has 2 heterocycles. The first-order valence-corrected chi connectivity index (χ1v) is 10.5. The molecule has 0 saturated heterocycles. The molecule has 1 amide bonds. The zero-order chi connectivity index (χ0) is 20.6. The van der Waals surface area contributed by atoms with Crippen LogP contribution in [-0.2, 0) is 11.3 Å². The molecule has 0 unspecified atom stereocenters. The van der Waals surface area contributed by atoms with Gasteiger partial charge in [-0.1, -0.05) is 24.9 Å². The SMILES string of the molecule is CCCCN(C)C(=O)OCc1c(C)noc1-c1ccc(OC2CCCCC2)cn1. The summed E-state index contributed by atoms with van der Waals surface area (Å²) in [4.78, 5) is 18.2. The summed E-state index contributed by atoms with van der Waals surface area (Å²) < 4.78 is 17.0. The fourth-order valence-corrected chi connectivity index (χ4v) is 3.45. The van der Waals surface area contributed by atoms with Crippen LogP contribution in [0.5, 0.6) is 5.75 Å². The molecular weight excluding hydrogens is 370 g/mol. The Bertz CT molecular complexity index is 782. The quantitative estimate of drug-likeness (QED) is 0.610. The Morgan fingerprint density at radius 2 is 2.07 bits per heavy atom. The van der Waals surface area contributed by atoms with Gasteiger partial charge in [0.05, 0.1) is 23.6 Å². The van der Waals surface area contributed by atoms with Crippen LogP contribution in [0.1, 0.15) is 63.1 Å². The van der Waals surface area contributed by atoms with Crippen LogP contribution in [0.15, 0.2) is 22.9 Å². The van der Waals surface area contributed by atoms with Crippen LogP contribution >= 0.6 is 0 Å². The highest BCUT2D eigenvalue weighted by Gasteiger charge is 2.20. The number of ether oxygens (including phenoxy) is 2. The number of amides is 1. The van der Waals surface area contributed by atoms with Gasteiger partial charge in [-0.25, -0.2) is 9.78 Å². The molecule has 0 aromatic carbocycles. The summed E-state index contributed by atoms with van der Waals surface area (Å²) in [5, 5.41) is 4.03. The molecule has 2 aromatic rings. The number of aromatic nitrogens is 2. The third-order valence-corrected chi connectivity index (χ3v) is 5.31. The Labute approximate surface area is 172 Å². The summed E-state index contributed by atoms with van der Waals surface area (Å²) in [6.07, 6.45) is 9.57. The van der Waals surface area contributed by atoms with Crippen molar-refractivity contribution in [1.82, 2.24) is 15.0 Å². The number of carbonyl (C=O) groups excluding carboxylic acids is 1. The van der Waals surface area contributed by atoms with Crippen LogP contribution in [0.4, 0.5) is 4.79 Å². The van der Waals surface area contributed by atoms with Crippen molar-refractivity contribution in [3.63, 3.8) is 0 Å². The van der Waals surface area contributed by atoms with E-state index in [4.69, 9.17) is 14.0 Å². The molecule has 0 bridgehead atoms. The van der Waals surface area contributed by atoms with Crippen LogP contribution in [0.25, 0.3) is 11.5 Å². The second kappa shape index (κ2) is 10.3. The molecule has 1 fully saturated rings. The van der Waals surface area contributed by atoms with Crippen LogP contribution in [0.2, 0.25) is 0 Å². The predicted octanol–water partition coefficient (Wildman–Crippen LogP) is 5.13. The van der Waals surface area contributed by atoms with Crippen LogP contribution in [0, 0.1) is 6.92 Å². The predicted molar refractivity (Wildman–Crippen MR) is 110 cm³/mol. The second-order valence-corrected chi connectivity index (χ2v) is 7.66. The summed E-state index contributed by atoms with van der Waals surface area (Å²) in [6, 6.07) is 3.76. The maximum absolute atomic E-state index is 12.2. The highest BCUT2D eigenvalue weighted by molar-refractivity contribution is 5.67. The highest BCUT2D eigenvalue weighted by Crippen LogP contribution is 2.28. The first-order valence-electron chi connectivity index (χ1n) is 10.5. The van der Waals surface area contributed by atoms with Gasteiger partial charge in [0.25, 0.3) is 0 Å². The van der Waals surface area contributed by atoms with Crippen molar-refractivity contribution in [2.45, 2.75) is 71.5 Å². The Morgan fingerprint density at radius 1 is 1.28 bits per heavy atom. The Morgan fingerprint density at radius 3 is 2.76 bits per heavy atom. The van der Waals surface area contributed by atoms with Crippen molar-refractivity contribution < 1.29 is 18.8 Å². The summed E-state index contributed by atoms with van der Waals surface area (Å²) in [6.45, 7) is 4.69. The van der Waals surface area contributed by atoms with Crippen molar-refractivity contribution in [2.75, 3.05) is 13.6 Å². The van der Waals surface area contributed by atoms with Crippen molar-refractivity contribution in [3.8, 4) is 17.2 Å². The lowest BCUT2D eigenvalue weighted by Gasteiger charge is -2.22. The number of carbonyl (C=O) groups is 1. The second-order valence-electron chi connectivity index (χ2n) is 7.66. The monoisotopic (exact) mass is 401 g/mol. The van der Waals surface area contributed by atoms with Gasteiger partial charge in [0.15, 0.2) is 5.76 Å². The van der Waals surface area contributed by atoms with E-state index < -0.39 is 0 Å².